The van der Waals surface area contributed by atoms with Crippen molar-refractivity contribution in [1.82, 2.24) is 5.32 Å². The summed E-state index contributed by atoms with van der Waals surface area (Å²) >= 11 is 0. The Bertz CT molecular complexity index is 337. The molecule has 1 aromatic rings. The summed E-state index contributed by atoms with van der Waals surface area (Å²) in [5.41, 5.74) is 1.22. The summed E-state index contributed by atoms with van der Waals surface area (Å²) in [6.45, 7) is 1.42. The summed E-state index contributed by atoms with van der Waals surface area (Å²) in [5, 5.41) is 12.2. The summed E-state index contributed by atoms with van der Waals surface area (Å²) in [5.74, 6) is -0.684. The molecule has 1 aromatic carbocycles. The van der Waals surface area contributed by atoms with Crippen molar-refractivity contribution in [2.24, 2.45) is 11.8 Å². The lowest BCUT2D eigenvalue weighted by molar-refractivity contribution is -0.142. The first-order chi connectivity index (χ1) is 7.27. The van der Waals surface area contributed by atoms with Crippen LogP contribution in [0.25, 0.3) is 0 Å². The van der Waals surface area contributed by atoms with Crippen molar-refractivity contribution in [3.8, 4) is 0 Å². The second-order valence-electron chi connectivity index (χ2n) is 4.05. The molecule has 0 aliphatic carbocycles. The summed E-state index contributed by atoms with van der Waals surface area (Å²) in [6, 6.07) is 10.1. The van der Waals surface area contributed by atoms with Gasteiger partial charge in [0.05, 0.1) is 5.92 Å². The zero-order chi connectivity index (χ0) is 10.7. The highest BCUT2D eigenvalue weighted by molar-refractivity contribution is 5.71. The molecule has 3 nitrogen and oxygen atoms in total. The molecule has 1 aliphatic rings. The molecule has 3 heteroatoms. The lowest BCUT2D eigenvalue weighted by Crippen LogP contribution is -2.23. The van der Waals surface area contributed by atoms with Gasteiger partial charge in [0.25, 0.3) is 0 Å². The molecule has 0 saturated carbocycles. The standard InChI is InChI=1S/C12H15NO2/c14-12(15)11-8-13-7-10(11)6-9-4-2-1-3-5-9/h1-5,10-11,13H,6-8H2,(H,14,15)/t10-,11-/m0/s1. The molecule has 1 fully saturated rings. The van der Waals surface area contributed by atoms with E-state index < -0.39 is 5.97 Å². The van der Waals surface area contributed by atoms with E-state index in [1.54, 1.807) is 0 Å². The van der Waals surface area contributed by atoms with E-state index in [1.165, 1.54) is 5.56 Å². The van der Waals surface area contributed by atoms with Crippen LogP contribution >= 0.6 is 0 Å². The van der Waals surface area contributed by atoms with Gasteiger partial charge >= 0.3 is 5.97 Å². The monoisotopic (exact) mass is 205 g/mol. The summed E-state index contributed by atoms with van der Waals surface area (Å²) < 4.78 is 0. The highest BCUT2D eigenvalue weighted by Crippen LogP contribution is 2.21. The molecular weight excluding hydrogens is 190 g/mol. The molecule has 1 heterocycles. The minimum absolute atomic E-state index is 0.227. The fraction of sp³-hybridized carbons (Fsp3) is 0.417. The molecular formula is C12H15NO2. The highest BCUT2D eigenvalue weighted by Gasteiger charge is 2.32. The van der Waals surface area contributed by atoms with Crippen LogP contribution in [-0.4, -0.2) is 24.2 Å². The minimum atomic E-state index is -0.680. The average Bonchev–Trinajstić information content (AvgIpc) is 2.67. The molecule has 2 rings (SSSR count). The Balaban J connectivity index is 2.03. The van der Waals surface area contributed by atoms with Gasteiger partial charge in [0.1, 0.15) is 0 Å². The SMILES string of the molecule is O=C(O)[C@H]1CNC[C@@H]1Cc1ccccc1. The molecule has 80 valence electrons. The van der Waals surface area contributed by atoms with Crippen molar-refractivity contribution in [3.63, 3.8) is 0 Å². The van der Waals surface area contributed by atoms with Gasteiger partial charge in [-0.3, -0.25) is 4.79 Å². The van der Waals surface area contributed by atoms with Gasteiger partial charge in [-0.15, -0.1) is 0 Å². The van der Waals surface area contributed by atoms with E-state index in [4.69, 9.17) is 5.11 Å². The van der Waals surface area contributed by atoms with Gasteiger partial charge in [-0.05, 0) is 24.4 Å². The predicted octanol–water partition coefficient (Wildman–Crippen LogP) is 1.15. The number of carbonyl (C=O) groups is 1. The third-order valence-electron chi connectivity index (χ3n) is 3.00. The number of rotatable bonds is 3. The molecule has 0 bridgehead atoms. The molecule has 0 aromatic heterocycles. The number of carboxylic acid groups (broad SMARTS) is 1. The Labute approximate surface area is 89.1 Å². The molecule has 15 heavy (non-hydrogen) atoms. The fourth-order valence-electron chi connectivity index (χ4n) is 2.15. The van der Waals surface area contributed by atoms with Crippen LogP contribution in [0.5, 0.6) is 0 Å². The molecule has 1 aliphatic heterocycles. The maximum absolute atomic E-state index is 11.0. The molecule has 2 atom stereocenters. The second-order valence-corrected chi connectivity index (χ2v) is 4.05. The van der Waals surface area contributed by atoms with Gasteiger partial charge in [0, 0.05) is 6.54 Å². The van der Waals surface area contributed by atoms with Gasteiger partial charge in [0.15, 0.2) is 0 Å². The van der Waals surface area contributed by atoms with Crippen molar-refractivity contribution in [1.29, 1.82) is 0 Å². The van der Waals surface area contributed by atoms with Crippen molar-refractivity contribution >= 4 is 5.97 Å². The van der Waals surface area contributed by atoms with Gasteiger partial charge in [-0.2, -0.15) is 0 Å². The van der Waals surface area contributed by atoms with Crippen LogP contribution in [0, 0.1) is 11.8 Å². The van der Waals surface area contributed by atoms with E-state index in [1.807, 2.05) is 18.2 Å². The van der Waals surface area contributed by atoms with Gasteiger partial charge in [-0.25, -0.2) is 0 Å². The largest absolute Gasteiger partial charge is 0.481 e. The van der Waals surface area contributed by atoms with E-state index >= 15 is 0 Å². The molecule has 1 saturated heterocycles. The van der Waals surface area contributed by atoms with Crippen molar-refractivity contribution in [2.75, 3.05) is 13.1 Å². The number of hydrogen-bond acceptors (Lipinski definition) is 2. The Kier molecular flexibility index (Phi) is 3.02. The molecule has 0 radical (unpaired) electrons. The third kappa shape index (κ3) is 2.36. The number of hydrogen-bond donors (Lipinski definition) is 2. The predicted molar refractivity (Wildman–Crippen MR) is 57.6 cm³/mol. The Morgan fingerprint density at radius 3 is 2.73 bits per heavy atom. The summed E-state index contributed by atoms with van der Waals surface area (Å²) in [6.07, 6.45) is 0.852. The van der Waals surface area contributed by atoms with Gasteiger partial charge in [-0.1, -0.05) is 30.3 Å². The zero-order valence-corrected chi connectivity index (χ0v) is 8.52. The van der Waals surface area contributed by atoms with Crippen LogP contribution in [0.3, 0.4) is 0 Å². The molecule has 0 amide bonds. The van der Waals surface area contributed by atoms with Crippen molar-refractivity contribution < 1.29 is 9.90 Å². The Morgan fingerprint density at radius 2 is 2.07 bits per heavy atom. The van der Waals surface area contributed by atoms with E-state index in [0.29, 0.717) is 6.54 Å². The van der Waals surface area contributed by atoms with Crippen LogP contribution in [-0.2, 0) is 11.2 Å². The first kappa shape index (κ1) is 10.2. The Morgan fingerprint density at radius 1 is 1.33 bits per heavy atom. The lowest BCUT2D eigenvalue weighted by Gasteiger charge is -2.14. The van der Waals surface area contributed by atoms with Crippen molar-refractivity contribution in [3.05, 3.63) is 35.9 Å². The van der Waals surface area contributed by atoms with Crippen molar-refractivity contribution in [2.45, 2.75) is 6.42 Å². The maximum atomic E-state index is 11.0. The smallest absolute Gasteiger partial charge is 0.308 e. The normalized spacial score (nSPS) is 25.3. The molecule has 0 spiro atoms. The molecule has 0 unspecified atom stereocenters. The topological polar surface area (TPSA) is 49.3 Å². The van der Waals surface area contributed by atoms with Crippen LogP contribution in [0.1, 0.15) is 5.56 Å². The number of aliphatic carboxylic acids is 1. The third-order valence-corrected chi connectivity index (χ3v) is 3.00. The van der Waals surface area contributed by atoms with Crippen LogP contribution in [0.15, 0.2) is 30.3 Å². The quantitative estimate of drug-likeness (QED) is 0.778. The summed E-state index contributed by atoms with van der Waals surface area (Å²) in [7, 11) is 0. The maximum Gasteiger partial charge on any atom is 0.308 e. The second kappa shape index (κ2) is 4.45. The summed E-state index contributed by atoms with van der Waals surface area (Å²) in [4.78, 5) is 11.0. The van der Waals surface area contributed by atoms with Gasteiger partial charge in [0.2, 0.25) is 0 Å². The van der Waals surface area contributed by atoms with Gasteiger partial charge < -0.3 is 10.4 Å². The van der Waals surface area contributed by atoms with Crippen LogP contribution in [0.2, 0.25) is 0 Å². The van der Waals surface area contributed by atoms with E-state index in [-0.39, 0.29) is 11.8 Å². The highest BCUT2D eigenvalue weighted by atomic mass is 16.4. The van der Waals surface area contributed by atoms with E-state index in [2.05, 4.69) is 17.4 Å². The number of carboxylic acids is 1. The molecule has 2 N–H and O–H groups in total. The van der Waals surface area contributed by atoms with E-state index in [0.717, 1.165) is 13.0 Å². The zero-order valence-electron chi connectivity index (χ0n) is 8.52. The number of nitrogens with one attached hydrogen (secondary N) is 1. The van der Waals surface area contributed by atoms with E-state index in [9.17, 15) is 4.79 Å². The lowest BCUT2D eigenvalue weighted by atomic mass is 9.90. The van der Waals surface area contributed by atoms with Crippen LogP contribution < -0.4 is 5.32 Å². The minimum Gasteiger partial charge on any atom is -0.481 e. The average molecular weight is 205 g/mol. The number of benzene rings is 1. The first-order valence-electron chi connectivity index (χ1n) is 5.25. The Hall–Kier alpha value is -1.35. The fourth-order valence-corrected chi connectivity index (χ4v) is 2.15. The van der Waals surface area contributed by atoms with Crippen LogP contribution in [0.4, 0.5) is 0 Å². The first-order valence-corrected chi connectivity index (χ1v) is 5.25.